The van der Waals surface area contributed by atoms with Crippen molar-refractivity contribution in [2.75, 3.05) is 25.0 Å². The van der Waals surface area contributed by atoms with Crippen molar-refractivity contribution in [3.63, 3.8) is 0 Å². The number of rotatable bonds is 4. The average Bonchev–Trinajstić information content (AvgIpc) is 2.41. The van der Waals surface area contributed by atoms with E-state index in [1.54, 1.807) is 12.1 Å². The maximum atomic E-state index is 10.7. The highest BCUT2D eigenvalue weighted by Gasteiger charge is 2.19. The predicted molar refractivity (Wildman–Crippen MR) is 80.0 cm³/mol. The van der Waals surface area contributed by atoms with E-state index in [-0.39, 0.29) is 10.7 Å². The molecule has 20 heavy (non-hydrogen) atoms. The molecule has 5 nitrogen and oxygen atoms in total. The van der Waals surface area contributed by atoms with Gasteiger partial charge in [0.2, 0.25) is 0 Å². The van der Waals surface area contributed by atoms with Crippen molar-refractivity contribution in [1.29, 1.82) is 0 Å². The number of nitro groups is 1. The van der Waals surface area contributed by atoms with Crippen molar-refractivity contribution in [2.45, 2.75) is 18.9 Å². The topological polar surface area (TPSA) is 58.4 Å². The Hall–Kier alpha value is -1.77. The van der Waals surface area contributed by atoms with Crippen LogP contribution >= 0.6 is 11.6 Å². The Morgan fingerprint density at radius 2 is 2.20 bits per heavy atom. The molecule has 0 atom stereocenters. The third-order valence-corrected chi connectivity index (χ3v) is 3.72. The highest BCUT2D eigenvalue weighted by atomic mass is 35.5. The number of hydrogen-bond donors (Lipinski definition) is 1. The van der Waals surface area contributed by atoms with Gasteiger partial charge in [-0.05, 0) is 25.0 Å². The van der Waals surface area contributed by atoms with Crippen LogP contribution in [0.3, 0.4) is 0 Å². The summed E-state index contributed by atoms with van der Waals surface area (Å²) in [6, 6.07) is 5.07. The van der Waals surface area contributed by atoms with Crippen LogP contribution in [0.2, 0.25) is 5.02 Å². The summed E-state index contributed by atoms with van der Waals surface area (Å²) in [6.07, 6.45) is 7.29. The molecule has 0 unspecified atom stereocenters. The number of hydrogen-bond acceptors (Lipinski definition) is 4. The molecule has 1 N–H and O–H groups in total. The second kappa shape index (κ2) is 6.60. The minimum absolute atomic E-state index is 0.0685. The number of terminal acetylenes is 1. The molecule has 6 heteroatoms. The number of nitrogens with zero attached hydrogens (tertiary/aromatic N) is 2. The molecule has 106 valence electrons. The summed E-state index contributed by atoms with van der Waals surface area (Å²) >= 11 is 5.89. The van der Waals surface area contributed by atoms with Gasteiger partial charge in [-0.2, -0.15) is 0 Å². The third kappa shape index (κ3) is 3.62. The zero-order valence-corrected chi connectivity index (χ0v) is 11.8. The van der Waals surface area contributed by atoms with E-state index in [0.717, 1.165) is 31.6 Å². The van der Waals surface area contributed by atoms with Crippen molar-refractivity contribution in [3.8, 4) is 12.3 Å². The number of halogens is 1. The van der Waals surface area contributed by atoms with E-state index < -0.39 is 4.92 Å². The molecule has 0 radical (unpaired) electrons. The normalized spacial score (nSPS) is 16.6. The number of nitro benzene ring substituents is 1. The van der Waals surface area contributed by atoms with Gasteiger partial charge in [0.1, 0.15) is 5.02 Å². The van der Waals surface area contributed by atoms with Crippen LogP contribution < -0.4 is 5.32 Å². The lowest BCUT2D eigenvalue weighted by Gasteiger charge is -2.31. The van der Waals surface area contributed by atoms with Crippen LogP contribution in [0, 0.1) is 22.5 Å². The van der Waals surface area contributed by atoms with Gasteiger partial charge >= 0.3 is 0 Å². The lowest BCUT2D eigenvalue weighted by atomic mass is 10.0. The molecule has 0 saturated carbocycles. The standard InChI is InChI=1S/C14H16ClN3O2/c1-2-7-17-8-5-11(6-9-17)16-12-3-4-14(18(19)20)13(15)10-12/h1,3-4,10-11,16H,5-9H2. The summed E-state index contributed by atoms with van der Waals surface area (Å²) in [6.45, 7) is 2.61. The molecule has 1 aromatic rings. The number of anilines is 1. The molecule has 0 aromatic heterocycles. The number of nitrogens with one attached hydrogen (secondary N) is 1. The molecular weight excluding hydrogens is 278 g/mol. The highest BCUT2D eigenvalue weighted by molar-refractivity contribution is 6.32. The van der Waals surface area contributed by atoms with E-state index in [0.29, 0.717) is 12.6 Å². The van der Waals surface area contributed by atoms with E-state index in [2.05, 4.69) is 16.1 Å². The molecule has 1 aliphatic heterocycles. The molecule has 0 aliphatic carbocycles. The molecule has 2 rings (SSSR count). The molecule has 1 heterocycles. The van der Waals surface area contributed by atoms with Gasteiger partial charge in [-0.15, -0.1) is 6.42 Å². The Balaban J connectivity index is 1.93. The smallest absolute Gasteiger partial charge is 0.288 e. The molecular formula is C14H16ClN3O2. The summed E-state index contributed by atoms with van der Waals surface area (Å²) in [4.78, 5) is 12.5. The Bertz CT molecular complexity index is 534. The van der Waals surface area contributed by atoms with Gasteiger partial charge in [-0.1, -0.05) is 17.5 Å². The lowest BCUT2D eigenvalue weighted by molar-refractivity contribution is -0.384. The van der Waals surface area contributed by atoms with Crippen LogP contribution in [0.15, 0.2) is 18.2 Å². The van der Waals surface area contributed by atoms with Gasteiger partial charge in [0.25, 0.3) is 5.69 Å². The Morgan fingerprint density at radius 1 is 1.50 bits per heavy atom. The van der Waals surface area contributed by atoms with E-state index in [4.69, 9.17) is 18.0 Å². The van der Waals surface area contributed by atoms with Gasteiger partial charge in [-0.3, -0.25) is 15.0 Å². The van der Waals surface area contributed by atoms with Gasteiger partial charge in [0.05, 0.1) is 11.5 Å². The van der Waals surface area contributed by atoms with Gasteiger partial charge in [-0.25, -0.2) is 0 Å². The number of piperidine rings is 1. The van der Waals surface area contributed by atoms with E-state index in [1.165, 1.54) is 6.07 Å². The first kappa shape index (κ1) is 14.6. The largest absolute Gasteiger partial charge is 0.382 e. The maximum Gasteiger partial charge on any atom is 0.288 e. The summed E-state index contributed by atoms with van der Waals surface area (Å²) in [5.41, 5.74) is 0.747. The lowest BCUT2D eigenvalue weighted by Crippen LogP contribution is -2.39. The van der Waals surface area contributed by atoms with Crippen molar-refractivity contribution in [1.82, 2.24) is 4.90 Å². The minimum Gasteiger partial charge on any atom is -0.382 e. The first-order valence-corrected chi connectivity index (χ1v) is 6.84. The van der Waals surface area contributed by atoms with E-state index >= 15 is 0 Å². The van der Waals surface area contributed by atoms with Gasteiger partial charge in [0.15, 0.2) is 0 Å². The van der Waals surface area contributed by atoms with Crippen molar-refractivity contribution in [3.05, 3.63) is 33.3 Å². The third-order valence-electron chi connectivity index (χ3n) is 3.42. The van der Waals surface area contributed by atoms with Crippen LogP contribution in [0.5, 0.6) is 0 Å². The fourth-order valence-electron chi connectivity index (χ4n) is 2.34. The summed E-state index contributed by atoms with van der Waals surface area (Å²) in [5.74, 6) is 2.65. The second-order valence-electron chi connectivity index (χ2n) is 4.82. The first-order valence-electron chi connectivity index (χ1n) is 6.46. The molecule has 1 fully saturated rings. The molecule has 1 saturated heterocycles. The molecule has 0 bridgehead atoms. The first-order chi connectivity index (χ1) is 9.60. The van der Waals surface area contributed by atoms with E-state index in [1.807, 2.05) is 0 Å². The van der Waals surface area contributed by atoms with Crippen molar-refractivity contribution >= 4 is 23.0 Å². The second-order valence-corrected chi connectivity index (χ2v) is 5.23. The van der Waals surface area contributed by atoms with Gasteiger partial charge < -0.3 is 5.32 Å². The quantitative estimate of drug-likeness (QED) is 0.527. The Kier molecular flexibility index (Phi) is 4.83. The highest BCUT2D eigenvalue weighted by Crippen LogP contribution is 2.28. The average molecular weight is 294 g/mol. The maximum absolute atomic E-state index is 10.7. The van der Waals surface area contributed by atoms with Crippen molar-refractivity contribution in [2.24, 2.45) is 0 Å². The van der Waals surface area contributed by atoms with Crippen LogP contribution in [0.4, 0.5) is 11.4 Å². The van der Waals surface area contributed by atoms with Crippen LogP contribution in [0.1, 0.15) is 12.8 Å². The Morgan fingerprint density at radius 3 is 2.75 bits per heavy atom. The zero-order chi connectivity index (χ0) is 14.5. The summed E-state index contributed by atoms with van der Waals surface area (Å²) < 4.78 is 0. The number of benzene rings is 1. The zero-order valence-electron chi connectivity index (χ0n) is 11.0. The summed E-state index contributed by atoms with van der Waals surface area (Å²) in [7, 11) is 0. The molecule has 0 spiro atoms. The summed E-state index contributed by atoms with van der Waals surface area (Å²) in [5, 5.41) is 14.2. The Labute approximate surface area is 123 Å². The van der Waals surface area contributed by atoms with Crippen LogP contribution in [-0.4, -0.2) is 35.5 Å². The van der Waals surface area contributed by atoms with Crippen LogP contribution in [0.25, 0.3) is 0 Å². The van der Waals surface area contributed by atoms with Crippen molar-refractivity contribution < 1.29 is 4.92 Å². The molecule has 1 aromatic carbocycles. The van der Waals surface area contributed by atoms with Crippen LogP contribution in [-0.2, 0) is 0 Å². The fraction of sp³-hybridized carbons (Fsp3) is 0.429. The molecule has 1 aliphatic rings. The monoisotopic (exact) mass is 293 g/mol. The minimum atomic E-state index is -0.482. The predicted octanol–water partition coefficient (Wildman–Crippen LogP) is 2.76. The van der Waals surface area contributed by atoms with Gasteiger partial charge in [0, 0.05) is 30.9 Å². The number of likely N-dealkylation sites (tertiary alicyclic amines) is 1. The molecule has 0 amide bonds. The van der Waals surface area contributed by atoms with E-state index in [9.17, 15) is 10.1 Å². The fourth-order valence-corrected chi connectivity index (χ4v) is 2.59. The SMILES string of the molecule is C#CCN1CCC(Nc2ccc([N+](=O)[O-])c(Cl)c2)CC1.